The standard InChI is InChI=1S/C11H15NO2/c1-5-8(6-2)12-9(13)7-11(3,4)10(12)14/h1,8H,6-7H2,2-4H3. The van der Waals surface area contributed by atoms with E-state index in [1.54, 1.807) is 13.8 Å². The Bertz CT molecular complexity index is 312. The van der Waals surface area contributed by atoms with Gasteiger partial charge in [-0.2, -0.15) is 0 Å². The number of hydrogen-bond acceptors (Lipinski definition) is 2. The highest BCUT2D eigenvalue weighted by Crippen LogP contribution is 2.33. The van der Waals surface area contributed by atoms with Gasteiger partial charge in [-0.1, -0.05) is 26.7 Å². The van der Waals surface area contributed by atoms with Gasteiger partial charge in [0.1, 0.15) is 6.04 Å². The molecule has 76 valence electrons. The fourth-order valence-electron chi connectivity index (χ4n) is 1.67. The summed E-state index contributed by atoms with van der Waals surface area (Å²) in [6.07, 6.45) is 6.16. The van der Waals surface area contributed by atoms with Gasteiger partial charge in [0.05, 0.1) is 5.41 Å². The Morgan fingerprint density at radius 2 is 2.14 bits per heavy atom. The van der Waals surface area contributed by atoms with Crippen LogP contribution in [0.3, 0.4) is 0 Å². The molecule has 0 aromatic heterocycles. The summed E-state index contributed by atoms with van der Waals surface area (Å²) in [7, 11) is 0. The number of nitrogens with zero attached hydrogens (tertiary/aromatic N) is 1. The lowest BCUT2D eigenvalue weighted by Gasteiger charge is -2.22. The molecule has 0 aliphatic carbocycles. The van der Waals surface area contributed by atoms with Gasteiger partial charge in [0.15, 0.2) is 0 Å². The van der Waals surface area contributed by atoms with Crippen LogP contribution in [0.2, 0.25) is 0 Å². The van der Waals surface area contributed by atoms with E-state index in [9.17, 15) is 9.59 Å². The van der Waals surface area contributed by atoms with Gasteiger partial charge in [0.2, 0.25) is 11.8 Å². The largest absolute Gasteiger partial charge is 0.274 e. The molecule has 1 fully saturated rings. The summed E-state index contributed by atoms with van der Waals surface area (Å²) in [5, 5.41) is 0. The number of amides is 2. The Labute approximate surface area is 84.5 Å². The third kappa shape index (κ3) is 1.52. The Hall–Kier alpha value is -1.30. The van der Waals surface area contributed by atoms with Crippen LogP contribution in [0.15, 0.2) is 0 Å². The van der Waals surface area contributed by atoms with Gasteiger partial charge < -0.3 is 0 Å². The normalized spacial score (nSPS) is 22.3. The monoisotopic (exact) mass is 193 g/mol. The minimum Gasteiger partial charge on any atom is -0.274 e. The van der Waals surface area contributed by atoms with Crippen molar-refractivity contribution in [2.24, 2.45) is 5.41 Å². The van der Waals surface area contributed by atoms with Gasteiger partial charge in [-0.25, -0.2) is 0 Å². The van der Waals surface area contributed by atoms with Gasteiger partial charge in [0, 0.05) is 6.42 Å². The third-order valence-corrected chi connectivity index (χ3v) is 2.55. The minimum absolute atomic E-state index is 0.146. The van der Waals surface area contributed by atoms with Crippen molar-refractivity contribution in [3.8, 4) is 12.3 Å². The molecule has 0 saturated carbocycles. The number of hydrogen-bond donors (Lipinski definition) is 0. The zero-order valence-corrected chi connectivity index (χ0v) is 8.83. The van der Waals surface area contributed by atoms with E-state index in [4.69, 9.17) is 6.42 Å². The average molecular weight is 193 g/mol. The highest BCUT2D eigenvalue weighted by Gasteiger charge is 2.46. The molecule has 0 radical (unpaired) electrons. The maximum Gasteiger partial charge on any atom is 0.236 e. The third-order valence-electron chi connectivity index (χ3n) is 2.55. The molecule has 14 heavy (non-hydrogen) atoms. The number of carbonyl (C=O) groups is 2. The minimum atomic E-state index is -0.582. The number of terminal acetylenes is 1. The van der Waals surface area contributed by atoms with Crippen molar-refractivity contribution >= 4 is 11.8 Å². The molecular formula is C11H15NO2. The summed E-state index contributed by atoms with van der Waals surface area (Å²) in [6.45, 7) is 5.42. The molecule has 1 rings (SSSR count). The molecule has 0 aromatic carbocycles. The van der Waals surface area contributed by atoms with Crippen LogP contribution in [0, 0.1) is 17.8 Å². The van der Waals surface area contributed by atoms with Crippen molar-refractivity contribution in [2.75, 3.05) is 0 Å². The van der Waals surface area contributed by atoms with Gasteiger partial charge in [0.25, 0.3) is 0 Å². The van der Waals surface area contributed by atoms with Crippen molar-refractivity contribution in [3.63, 3.8) is 0 Å². The molecule has 0 N–H and O–H groups in total. The summed E-state index contributed by atoms with van der Waals surface area (Å²) in [5.74, 6) is 2.18. The summed E-state index contributed by atoms with van der Waals surface area (Å²) in [4.78, 5) is 24.6. The Morgan fingerprint density at radius 3 is 2.43 bits per heavy atom. The van der Waals surface area contributed by atoms with Crippen molar-refractivity contribution in [1.29, 1.82) is 0 Å². The Kier molecular flexibility index (Phi) is 2.66. The number of carbonyl (C=O) groups excluding carboxylic acids is 2. The lowest BCUT2D eigenvalue weighted by atomic mass is 9.92. The van der Waals surface area contributed by atoms with Crippen molar-refractivity contribution in [2.45, 2.75) is 39.7 Å². The fourth-order valence-corrected chi connectivity index (χ4v) is 1.67. The predicted molar refractivity (Wildman–Crippen MR) is 53.2 cm³/mol. The quantitative estimate of drug-likeness (QED) is 0.488. The molecule has 0 spiro atoms. The van der Waals surface area contributed by atoms with Gasteiger partial charge >= 0.3 is 0 Å². The highest BCUT2D eigenvalue weighted by atomic mass is 16.2. The van der Waals surface area contributed by atoms with Crippen molar-refractivity contribution in [3.05, 3.63) is 0 Å². The van der Waals surface area contributed by atoms with E-state index in [2.05, 4.69) is 5.92 Å². The molecule has 3 heteroatoms. The van der Waals surface area contributed by atoms with Crippen LogP contribution in [-0.2, 0) is 9.59 Å². The summed E-state index contributed by atoms with van der Waals surface area (Å²) in [5.41, 5.74) is -0.582. The van der Waals surface area contributed by atoms with E-state index >= 15 is 0 Å². The Morgan fingerprint density at radius 1 is 1.57 bits per heavy atom. The molecule has 1 aliphatic heterocycles. The molecular weight excluding hydrogens is 178 g/mol. The molecule has 1 aliphatic rings. The van der Waals surface area contributed by atoms with Gasteiger partial charge in [-0.15, -0.1) is 6.42 Å². The molecule has 1 atom stereocenters. The lowest BCUT2D eigenvalue weighted by Crippen LogP contribution is -2.40. The van der Waals surface area contributed by atoms with E-state index in [0.717, 1.165) is 0 Å². The second-order valence-electron chi connectivity index (χ2n) is 4.22. The van der Waals surface area contributed by atoms with E-state index < -0.39 is 5.41 Å². The predicted octanol–water partition coefficient (Wildman–Crippen LogP) is 1.18. The molecule has 0 bridgehead atoms. The topological polar surface area (TPSA) is 37.4 Å². The van der Waals surface area contributed by atoms with Crippen LogP contribution in [0.1, 0.15) is 33.6 Å². The molecule has 1 heterocycles. The van der Waals surface area contributed by atoms with Crippen LogP contribution < -0.4 is 0 Å². The SMILES string of the molecule is C#CC(CC)N1C(=O)CC(C)(C)C1=O. The molecule has 1 unspecified atom stereocenters. The van der Waals surface area contributed by atoms with Gasteiger partial charge in [-0.3, -0.25) is 14.5 Å². The van der Waals surface area contributed by atoms with Crippen LogP contribution in [0.4, 0.5) is 0 Å². The van der Waals surface area contributed by atoms with Crippen LogP contribution >= 0.6 is 0 Å². The molecule has 0 aromatic rings. The first-order chi connectivity index (χ1) is 6.44. The maximum atomic E-state index is 11.8. The summed E-state index contributed by atoms with van der Waals surface area (Å²) in [6, 6.07) is -0.378. The van der Waals surface area contributed by atoms with Crippen molar-refractivity contribution < 1.29 is 9.59 Å². The number of likely N-dealkylation sites (tertiary alicyclic amines) is 1. The first-order valence-electron chi connectivity index (χ1n) is 4.76. The van der Waals surface area contributed by atoms with Crippen LogP contribution in [0.5, 0.6) is 0 Å². The summed E-state index contributed by atoms with van der Waals surface area (Å²) < 4.78 is 0. The smallest absolute Gasteiger partial charge is 0.236 e. The first-order valence-corrected chi connectivity index (χ1v) is 4.76. The lowest BCUT2D eigenvalue weighted by molar-refractivity contribution is -0.142. The van der Waals surface area contributed by atoms with E-state index in [1.807, 2.05) is 6.92 Å². The van der Waals surface area contributed by atoms with E-state index in [0.29, 0.717) is 6.42 Å². The van der Waals surface area contributed by atoms with Gasteiger partial charge in [-0.05, 0) is 6.42 Å². The number of rotatable bonds is 2. The maximum absolute atomic E-state index is 11.8. The fraction of sp³-hybridized carbons (Fsp3) is 0.636. The molecule has 1 saturated heterocycles. The molecule has 2 amide bonds. The second-order valence-corrected chi connectivity index (χ2v) is 4.22. The highest BCUT2D eigenvalue weighted by molar-refractivity contribution is 6.06. The van der Waals surface area contributed by atoms with E-state index in [-0.39, 0.29) is 24.3 Å². The van der Waals surface area contributed by atoms with Crippen LogP contribution in [0.25, 0.3) is 0 Å². The Balaban J connectivity index is 2.97. The van der Waals surface area contributed by atoms with Crippen molar-refractivity contribution in [1.82, 2.24) is 4.90 Å². The first kappa shape index (κ1) is 10.8. The van der Waals surface area contributed by atoms with E-state index in [1.165, 1.54) is 4.90 Å². The summed E-state index contributed by atoms with van der Waals surface area (Å²) >= 11 is 0. The average Bonchev–Trinajstić information content (AvgIpc) is 2.29. The second kappa shape index (κ2) is 3.45. The zero-order chi connectivity index (χ0) is 10.9. The molecule has 3 nitrogen and oxygen atoms in total. The zero-order valence-electron chi connectivity index (χ0n) is 8.83. The number of imide groups is 1. The van der Waals surface area contributed by atoms with Crippen LogP contribution in [-0.4, -0.2) is 22.8 Å².